The SMILES string of the molecule is CCc1c(C(=O)OC)nnn1Cc1ccc(C(C)C)cc1. The number of carbonyl (C=O) groups is 1. The van der Waals surface area contributed by atoms with Crippen molar-refractivity contribution in [2.45, 2.75) is 39.7 Å². The van der Waals surface area contributed by atoms with Gasteiger partial charge < -0.3 is 4.74 Å². The van der Waals surface area contributed by atoms with E-state index in [2.05, 4.69) is 48.4 Å². The highest BCUT2D eigenvalue weighted by Crippen LogP contribution is 2.16. The van der Waals surface area contributed by atoms with Crippen molar-refractivity contribution in [2.24, 2.45) is 0 Å². The van der Waals surface area contributed by atoms with Gasteiger partial charge in [0.25, 0.3) is 0 Å². The van der Waals surface area contributed by atoms with Crippen LogP contribution in [0.5, 0.6) is 0 Å². The zero-order valence-corrected chi connectivity index (χ0v) is 13.0. The third-order valence-electron chi connectivity index (χ3n) is 3.53. The lowest BCUT2D eigenvalue weighted by Gasteiger charge is -2.08. The van der Waals surface area contributed by atoms with Crippen LogP contribution in [-0.4, -0.2) is 28.1 Å². The summed E-state index contributed by atoms with van der Waals surface area (Å²) >= 11 is 0. The Labute approximate surface area is 124 Å². The minimum absolute atomic E-state index is 0.304. The van der Waals surface area contributed by atoms with Crippen molar-refractivity contribution in [3.63, 3.8) is 0 Å². The molecule has 0 saturated heterocycles. The molecule has 21 heavy (non-hydrogen) atoms. The Balaban J connectivity index is 2.23. The van der Waals surface area contributed by atoms with Crippen LogP contribution in [0, 0.1) is 0 Å². The molecule has 2 aromatic rings. The standard InChI is InChI=1S/C16H21N3O2/c1-5-14-15(16(20)21-4)17-18-19(14)10-12-6-8-13(9-7-12)11(2)3/h6-9,11H,5,10H2,1-4H3. The van der Waals surface area contributed by atoms with Crippen molar-refractivity contribution in [2.75, 3.05) is 7.11 Å². The second-order valence-corrected chi connectivity index (χ2v) is 5.28. The van der Waals surface area contributed by atoms with Gasteiger partial charge in [-0.25, -0.2) is 9.48 Å². The molecule has 0 aliphatic rings. The third-order valence-corrected chi connectivity index (χ3v) is 3.53. The van der Waals surface area contributed by atoms with Gasteiger partial charge in [-0.2, -0.15) is 0 Å². The quantitative estimate of drug-likeness (QED) is 0.793. The van der Waals surface area contributed by atoms with E-state index in [1.807, 2.05) is 6.92 Å². The molecule has 2 rings (SSSR count). The molecule has 0 N–H and O–H groups in total. The molecule has 0 amide bonds. The molecule has 0 radical (unpaired) electrons. The van der Waals surface area contributed by atoms with Crippen LogP contribution >= 0.6 is 0 Å². The summed E-state index contributed by atoms with van der Waals surface area (Å²) < 4.78 is 6.49. The van der Waals surface area contributed by atoms with Gasteiger partial charge in [-0.15, -0.1) is 5.10 Å². The molecule has 112 valence electrons. The monoisotopic (exact) mass is 287 g/mol. The van der Waals surface area contributed by atoms with Crippen LogP contribution in [0.4, 0.5) is 0 Å². The molecule has 0 bridgehead atoms. The molecular weight excluding hydrogens is 266 g/mol. The Bertz CT molecular complexity index is 615. The maximum absolute atomic E-state index is 11.6. The van der Waals surface area contributed by atoms with E-state index in [0.29, 0.717) is 24.6 Å². The highest BCUT2D eigenvalue weighted by Gasteiger charge is 2.18. The molecule has 1 aromatic carbocycles. The minimum Gasteiger partial charge on any atom is -0.464 e. The maximum atomic E-state index is 11.6. The van der Waals surface area contributed by atoms with Gasteiger partial charge in [-0.05, 0) is 23.5 Å². The van der Waals surface area contributed by atoms with Crippen LogP contribution in [-0.2, 0) is 17.7 Å². The van der Waals surface area contributed by atoms with E-state index in [-0.39, 0.29) is 0 Å². The van der Waals surface area contributed by atoms with Crippen LogP contribution < -0.4 is 0 Å². The van der Waals surface area contributed by atoms with E-state index in [1.54, 1.807) is 4.68 Å². The topological polar surface area (TPSA) is 57.0 Å². The summed E-state index contributed by atoms with van der Waals surface area (Å²) in [7, 11) is 1.35. The molecule has 0 saturated carbocycles. The van der Waals surface area contributed by atoms with Crippen LogP contribution in [0.2, 0.25) is 0 Å². The van der Waals surface area contributed by atoms with E-state index in [4.69, 9.17) is 4.74 Å². The number of rotatable bonds is 5. The fourth-order valence-corrected chi connectivity index (χ4v) is 2.25. The highest BCUT2D eigenvalue weighted by molar-refractivity contribution is 5.88. The molecule has 0 aliphatic heterocycles. The number of hydrogen-bond acceptors (Lipinski definition) is 4. The van der Waals surface area contributed by atoms with Gasteiger partial charge in [0.1, 0.15) is 0 Å². The Morgan fingerprint density at radius 3 is 2.48 bits per heavy atom. The van der Waals surface area contributed by atoms with Crippen molar-refractivity contribution in [3.05, 3.63) is 46.8 Å². The highest BCUT2D eigenvalue weighted by atomic mass is 16.5. The molecule has 0 fully saturated rings. The number of hydrogen-bond donors (Lipinski definition) is 0. The summed E-state index contributed by atoms with van der Waals surface area (Å²) in [6.45, 7) is 6.92. The normalized spacial score (nSPS) is 10.9. The number of esters is 1. The average Bonchev–Trinajstić information content (AvgIpc) is 2.89. The molecular formula is C16H21N3O2. The summed E-state index contributed by atoms with van der Waals surface area (Å²) in [6.07, 6.45) is 0.682. The summed E-state index contributed by atoms with van der Waals surface area (Å²) in [4.78, 5) is 11.6. The van der Waals surface area contributed by atoms with Crippen molar-refractivity contribution < 1.29 is 9.53 Å². The predicted molar refractivity (Wildman–Crippen MR) is 80.4 cm³/mol. The molecule has 5 heteroatoms. The van der Waals surface area contributed by atoms with Gasteiger partial charge in [0.2, 0.25) is 0 Å². The summed E-state index contributed by atoms with van der Waals surface area (Å²) in [5.41, 5.74) is 3.55. The van der Waals surface area contributed by atoms with Gasteiger partial charge in [0, 0.05) is 0 Å². The smallest absolute Gasteiger partial charge is 0.360 e. The first-order chi connectivity index (χ1) is 10.1. The largest absolute Gasteiger partial charge is 0.464 e. The minimum atomic E-state index is -0.437. The molecule has 0 spiro atoms. The van der Waals surface area contributed by atoms with E-state index in [9.17, 15) is 4.79 Å². The first kappa shape index (κ1) is 15.2. The fourth-order valence-electron chi connectivity index (χ4n) is 2.25. The molecule has 0 aliphatic carbocycles. The van der Waals surface area contributed by atoms with Crippen LogP contribution in [0.3, 0.4) is 0 Å². The lowest BCUT2D eigenvalue weighted by atomic mass is 10.0. The zero-order valence-electron chi connectivity index (χ0n) is 13.0. The van der Waals surface area contributed by atoms with Crippen molar-refractivity contribution >= 4 is 5.97 Å². The molecule has 1 heterocycles. The van der Waals surface area contributed by atoms with Gasteiger partial charge >= 0.3 is 5.97 Å². The number of methoxy groups -OCH3 is 1. The Kier molecular flexibility index (Phi) is 4.73. The van der Waals surface area contributed by atoms with E-state index >= 15 is 0 Å². The number of ether oxygens (including phenoxy) is 1. The van der Waals surface area contributed by atoms with Crippen molar-refractivity contribution in [3.8, 4) is 0 Å². The number of carbonyl (C=O) groups excluding carboxylic acids is 1. The van der Waals surface area contributed by atoms with Crippen molar-refractivity contribution in [1.29, 1.82) is 0 Å². The molecule has 5 nitrogen and oxygen atoms in total. The Morgan fingerprint density at radius 2 is 1.95 bits per heavy atom. The van der Waals surface area contributed by atoms with Crippen LogP contribution in [0.25, 0.3) is 0 Å². The predicted octanol–water partition coefficient (Wildman–Crippen LogP) is 2.80. The average molecular weight is 287 g/mol. The third kappa shape index (κ3) is 3.29. The van der Waals surface area contributed by atoms with Gasteiger partial charge in [0.15, 0.2) is 5.69 Å². The maximum Gasteiger partial charge on any atom is 0.360 e. The molecule has 1 aromatic heterocycles. The van der Waals surface area contributed by atoms with E-state index in [0.717, 1.165) is 11.3 Å². The summed E-state index contributed by atoms with van der Waals surface area (Å²) in [5, 5.41) is 8.01. The van der Waals surface area contributed by atoms with Gasteiger partial charge in [-0.1, -0.05) is 50.3 Å². The summed E-state index contributed by atoms with van der Waals surface area (Å²) in [5.74, 6) is 0.0794. The van der Waals surface area contributed by atoms with E-state index in [1.165, 1.54) is 12.7 Å². The van der Waals surface area contributed by atoms with Gasteiger partial charge in [-0.3, -0.25) is 0 Å². The zero-order chi connectivity index (χ0) is 15.4. The Hall–Kier alpha value is -2.17. The van der Waals surface area contributed by atoms with E-state index < -0.39 is 5.97 Å². The second-order valence-electron chi connectivity index (χ2n) is 5.28. The molecule has 0 atom stereocenters. The van der Waals surface area contributed by atoms with Crippen LogP contribution in [0.15, 0.2) is 24.3 Å². The van der Waals surface area contributed by atoms with Crippen molar-refractivity contribution in [1.82, 2.24) is 15.0 Å². The molecule has 0 unspecified atom stereocenters. The van der Waals surface area contributed by atoms with Crippen LogP contribution in [0.1, 0.15) is 54.0 Å². The summed E-state index contributed by atoms with van der Waals surface area (Å²) in [6, 6.07) is 8.44. The Morgan fingerprint density at radius 1 is 1.29 bits per heavy atom. The fraction of sp³-hybridized carbons (Fsp3) is 0.438. The number of benzene rings is 1. The van der Waals surface area contributed by atoms with Gasteiger partial charge in [0.05, 0.1) is 19.3 Å². The first-order valence-electron chi connectivity index (χ1n) is 7.16. The number of aromatic nitrogens is 3. The first-order valence-corrected chi connectivity index (χ1v) is 7.16. The number of nitrogens with zero attached hydrogens (tertiary/aromatic N) is 3. The lowest BCUT2D eigenvalue weighted by Crippen LogP contribution is -2.09. The lowest BCUT2D eigenvalue weighted by molar-refractivity contribution is 0.0592. The second kappa shape index (κ2) is 6.52.